The van der Waals surface area contributed by atoms with E-state index in [1.165, 1.54) is 6.92 Å². The summed E-state index contributed by atoms with van der Waals surface area (Å²) in [5.41, 5.74) is 1.45. The average molecular weight is 422 g/mol. The van der Waals surface area contributed by atoms with Crippen LogP contribution in [0.2, 0.25) is 0 Å². The zero-order valence-corrected chi connectivity index (χ0v) is 17.8. The summed E-state index contributed by atoms with van der Waals surface area (Å²) in [6.45, 7) is 5.53. The fourth-order valence-electron chi connectivity index (χ4n) is 3.48. The number of nitrogens with zero attached hydrogens (tertiary/aromatic N) is 1. The Hall–Kier alpha value is -3.48. The third-order valence-electron chi connectivity index (χ3n) is 5.08. The number of amides is 3. The number of carbonyl (C=O) groups is 4. The molecule has 0 saturated heterocycles. The zero-order chi connectivity index (χ0) is 22.5. The third-order valence-corrected chi connectivity index (χ3v) is 5.08. The summed E-state index contributed by atoms with van der Waals surface area (Å²) >= 11 is 0. The highest BCUT2D eigenvalue weighted by Crippen LogP contribution is 2.27. The zero-order valence-electron chi connectivity index (χ0n) is 17.8. The molecule has 2 atom stereocenters. The quantitative estimate of drug-likeness (QED) is 0.522. The van der Waals surface area contributed by atoms with Crippen molar-refractivity contribution in [1.29, 1.82) is 0 Å². The van der Waals surface area contributed by atoms with Gasteiger partial charge in [-0.1, -0.05) is 56.3 Å². The Morgan fingerprint density at radius 2 is 1.45 bits per heavy atom. The van der Waals surface area contributed by atoms with Gasteiger partial charge in [0.25, 0.3) is 17.7 Å². The molecule has 0 bridgehead atoms. The van der Waals surface area contributed by atoms with Crippen molar-refractivity contribution >= 4 is 23.7 Å². The minimum Gasteiger partial charge on any atom is -0.451 e. The first-order valence-electron chi connectivity index (χ1n) is 10.3. The molecular weight excluding hydrogens is 396 g/mol. The maximum Gasteiger partial charge on any atom is 0.330 e. The number of fused-ring (bicyclic) bond motifs is 1. The summed E-state index contributed by atoms with van der Waals surface area (Å²) in [6, 6.07) is 14.7. The van der Waals surface area contributed by atoms with Crippen molar-refractivity contribution < 1.29 is 23.9 Å². The maximum absolute atomic E-state index is 12.9. The van der Waals surface area contributed by atoms with Crippen LogP contribution in [-0.2, 0) is 20.9 Å². The van der Waals surface area contributed by atoms with E-state index < -0.39 is 35.8 Å². The van der Waals surface area contributed by atoms with Crippen molar-refractivity contribution in [1.82, 2.24) is 10.2 Å². The van der Waals surface area contributed by atoms with Crippen molar-refractivity contribution in [2.45, 2.75) is 45.9 Å². The number of hydrogen-bond acceptors (Lipinski definition) is 5. The van der Waals surface area contributed by atoms with E-state index in [0.717, 1.165) is 10.5 Å². The molecule has 0 saturated carbocycles. The van der Waals surface area contributed by atoms with Crippen molar-refractivity contribution in [3.63, 3.8) is 0 Å². The number of imide groups is 1. The molecule has 0 aliphatic carbocycles. The van der Waals surface area contributed by atoms with Crippen LogP contribution in [0.4, 0.5) is 0 Å². The topological polar surface area (TPSA) is 92.8 Å². The van der Waals surface area contributed by atoms with Crippen LogP contribution >= 0.6 is 0 Å². The van der Waals surface area contributed by atoms with Gasteiger partial charge in [0.2, 0.25) is 0 Å². The summed E-state index contributed by atoms with van der Waals surface area (Å²) in [7, 11) is 0. The van der Waals surface area contributed by atoms with Gasteiger partial charge in [0, 0.05) is 6.54 Å². The van der Waals surface area contributed by atoms with E-state index in [0.29, 0.717) is 6.54 Å². The van der Waals surface area contributed by atoms with Crippen LogP contribution in [-0.4, -0.2) is 40.7 Å². The highest BCUT2D eigenvalue weighted by atomic mass is 16.5. The Balaban J connectivity index is 1.69. The van der Waals surface area contributed by atoms with Gasteiger partial charge in [-0.2, -0.15) is 0 Å². The molecule has 1 aliphatic heterocycles. The van der Waals surface area contributed by atoms with E-state index in [1.54, 1.807) is 24.3 Å². The minimum atomic E-state index is -1.10. The van der Waals surface area contributed by atoms with E-state index in [-0.39, 0.29) is 23.5 Å². The lowest BCUT2D eigenvalue weighted by molar-refractivity contribution is -0.159. The number of esters is 1. The van der Waals surface area contributed by atoms with Gasteiger partial charge in [0.15, 0.2) is 6.10 Å². The van der Waals surface area contributed by atoms with Crippen molar-refractivity contribution in [2.24, 2.45) is 5.92 Å². The third kappa shape index (κ3) is 4.99. The van der Waals surface area contributed by atoms with Gasteiger partial charge in [-0.3, -0.25) is 19.3 Å². The van der Waals surface area contributed by atoms with Crippen molar-refractivity contribution in [3.05, 3.63) is 71.3 Å². The monoisotopic (exact) mass is 422 g/mol. The smallest absolute Gasteiger partial charge is 0.330 e. The van der Waals surface area contributed by atoms with Gasteiger partial charge < -0.3 is 10.1 Å². The lowest BCUT2D eigenvalue weighted by atomic mass is 10.0. The molecule has 2 aromatic carbocycles. The fourth-order valence-corrected chi connectivity index (χ4v) is 3.48. The van der Waals surface area contributed by atoms with Gasteiger partial charge in [-0.05, 0) is 37.0 Å². The molecule has 162 valence electrons. The molecular formula is C24H26N2O5. The Labute approximate surface area is 181 Å². The molecule has 0 spiro atoms. The number of rotatable bonds is 8. The molecule has 0 aromatic heterocycles. The summed E-state index contributed by atoms with van der Waals surface area (Å²) in [5.74, 6) is -2.26. The Morgan fingerprint density at radius 3 is 2.00 bits per heavy atom. The number of carbonyl (C=O) groups excluding carboxylic acids is 4. The van der Waals surface area contributed by atoms with Gasteiger partial charge in [-0.15, -0.1) is 0 Å². The summed E-state index contributed by atoms with van der Waals surface area (Å²) in [4.78, 5) is 52.0. The number of hydrogen-bond donors (Lipinski definition) is 1. The molecule has 3 rings (SSSR count). The van der Waals surface area contributed by atoms with Gasteiger partial charge in [-0.25, -0.2) is 4.79 Å². The van der Waals surface area contributed by atoms with Crippen molar-refractivity contribution in [2.75, 3.05) is 0 Å². The molecule has 31 heavy (non-hydrogen) atoms. The SMILES string of the molecule is CC(C)C[C@H](C(=O)O[C@@H](C)C(=O)NCc1ccccc1)N1C(=O)c2ccccc2C1=O. The summed E-state index contributed by atoms with van der Waals surface area (Å²) in [5, 5.41) is 2.72. The Kier molecular flexibility index (Phi) is 6.84. The average Bonchev–Trinajstić information content (AvgIpc) is 3.01. The lowest BCUT2D eigenvalue weighted by Crippen LogP contribution is -2.48. The van der Waals surface area contributed by atoms with E-state index in [2.05, 4.69) is 5.32 Å². The molecule has 0 fully saturated rings. The van der Waals surface area contributed by atoms with Crippen molar-refractivity contribution in [3.8, 4) is 0 Å². The van der Waals surface area contributed by atoms with E-state index in [9.17, 15) is 19.2 Å². The highest BCUT2D eigenvalue weighted by Gasteiger charge is 2.44. The van der Waals surface area contributed by atoms with Gasteiger partial charge >= 0.3 is 5.97 Å². The summed E-state index contributed by atoms with van der Waals surface area (Å²) < 4.78 is 5.37. The van der Waals surface area contributed by atoms with Gasteiger partial charge in [0.05, 0.1) is 11.1 Å². The van der Waals surface area contributed by atoms with E-state index in [1.807, 2.05) is 44.2 Å². The normalized spacial score (nSPS) is 14.9. The van der Waals surface area contributed by atoms with Crippen LogP contribution in [0.25, 0.3) is 0 Å². The molecule has 2 aromatic rings. The molecule has 1 aliphatic rings. The largest absolute Gasteiger partial charge is 0.451 e. The molecule has 1 N–H and O–H groups in total. The number of benzene rings is 2. The van der Waals surface area contributed by atoms with Crippen LogP contribution < -0.4 is 5.32 Å². The molecule has 7 heteroatoms. The number of ether oxygens (including phenoxy) is 1. The van der Waals surface area contributed by atoms with Crippen LogP contribution in [0.5, 0.6) is 0 Å². The Bertz CT molecular complexity index is 951. The Morgan fingerprint density at radius 1 is 0.903 bits per heavy atom. The second-order valence-electron chi connectivity index (χ2n) is 7.95. The number of nitrogens with one attached hydrogen (secondary N) is 1. The van der Waals surface area contributed by atoms with Crippen LogP contribution in [0, 0.1) is 5.92 Å². The molecule has 7 nitrogen and oxygen atoms in total. The predicted molar refractivity (Wildman–Crippen MR) is 114 cm³/mol. The van der Waals surface area contributed by atoms with Crippen LogP contribution in [0.15, 0.2) is 54.6 Å². The first-order valence-corrected chi connectivity index (χ1v) is 10.3. The molecule has 0 unspecified atom stereocenters. The first kappa shape index (κ1) is 22.2. The molecule has 0 radical (unpaired) electrons. The second-order valence-corrected chi connectivity index (χ2v) is 7.95. The fraction of sp³-hybridized carbons (Fsp3) is 0.333. The standard InChI is InChI=1S/C24H26N2O5/c1-15(2)13-20(26-22(28)18-11-7-8-12-19(18)23(26)29)24(30)31-16(3)21(27)25-14-17-9-5-4-6-10-17/h4-12,15-16,20H,13-14H2,1-3H3,(H,25,27)/t16-,20+/m0/s1. The van der Waals surface area contributed by atoms with Crippen LogP contribution in [0.1, 0.15) is 53.5 Å². The minimum absolute atomic E-state index is 0.0177. The first-order chi connectivity index (χ1) is 14.8. The van der Waals surface area contributed by atoms with Gasteiger partial charge in [0.1, 0.15) is 6.04 Å². The summed E-state index contributed by atoms with van der Waals surface area (Å²) in [6.07, 6.45) is -0.830. The highest BCUT2D eigenvalue weighted by molar-refractivity contribution is 6.22. The molecule has 1 heterocycles. The predicted octanol–water partition coefficient (Wildman–Crippen LogP) is 2.95. The van der Waals surface area contributed by atoms with E-state index >= 15 is 0 Å². The maximum atomic E-state index is 12.9. The molecule has 3 amide bonds. The second kappa shape index (κ2) is 9.55. The lowest BCUT2D eigenvalue weighted by Gasteiger charge is -2.27. The van der Waals surface area contributed by atoms with Crippen LogP contribution in [0.3, 0.4) is 0 Å². The van der Waals surface area contributed by atoms with E-state index in [4.69, 9.17) is 4.74 Å².